The molecule has 0 aliphatic rings. The summed E-state index contributed by atoms with van der Waals surface area (Å²) in [5, 5.41) is 8.99. The summed E-state index contributed by atoms with van der Waals surface area (Å²) in [7, 11) is 0.0906. The molecule has 0 aromatic heterocycles. The highest BCUT2D eigenvalue weighted by Crippen LogP contribution is 2.29. The van der Waals surface area contributed by atoms with E-state index in [0.717, 1.165) is 41.8 Å². The van der Waals surface area contributed by atoms with Crippen LogP contribution in [-0.2, 0) is 23.0 Å². The molecule has 3 N–H and O–H groups in total. The molecule has 5 nitrogen and oxygen atoms in total. The lowest BCUT2D eigenvalue weighted by Gasteiger charge is -2.19. The van der Waals surface area contributed by atoms with Gasteiger partial charge in [-0.25, -0.2) is 13.6 Å². The molecule has 0 radical (unpaired) electrons. The first-order valence-corrected chi connectivity index (χ1v) is 10.5. The molecule has 142 valence electrons. The van der Waals surface area contributed by atoms with Crippen LogP contribution in [-0.4, -0.2) is 34.0 Å². The van der Waals surface area contributed by atoms with E-state index in [1.807, 2.05) is 55.4 Å². The van der Waals surface area contributed by atoms with Gasteiger partial charge in [0.15, 0.2) is 0 Å². The number of unbranched alkanes of at least 4 members (excludes halogenated alkanes) is 1. The van der Waals surface area contributed by atoms with Crippen LogP contribution in [0, 0.1) is 0 Å². The van der Waals surface area contributed by atoms with Gasteiger partial charge in [0.1, 0.15) is 0 Å². The number of anilines is 1. The van der Waals surface area contributed by atoms with Crippen LogP contribution in [0.15, 0.2) is 47.4 Å². The van der Waals surface area contributed by atoms with Crippen molar-refractivity contribution in [3.63, 3.8) is 0 Å². The van der Waals surface area contributed by atoms with E-state index < -0.39 is 10.0 Å². The quantitative estimate of drug-likeness (QED) is 0.660. The van der Waals surface area contributed by atoms with Gasteiger partial charge in [-0.2, -0.15) is 0 Å². The molecule has 0 aliphatic carbocycles. The van der Waals surface area contributed by atoms with Crippen molar-refractivity contribution in [1.29, 1.82) is 0 Å². The molecule has 0 spiro atoms. The zero-order valence-corrected chi connectivity index (χ0v) is 16.6. The van der Waals surface area contributed by atoms with Gasteiger partial charge in [-0.15, -0.1) is 0 Å². The van der Waals surface area contributed by atoms with Crippen molar-refractivity contribution in [1.82, 2.24) is 4.90 Å². The number of sulfonamides is 1. The van der Waals surface area contributed by atoms with Crippen LogP contribution in [0.2, 0.25) is 0 Å². The molecule has 0 saturated carbocycles. The molecule has 6 heteroatoms. The van der Waals surface area contributed by atoms with Crippen molar-refractivity contribution in [2.75, 3.05) is 26.0 Å². The van der Waals surface area contributed by atoms with E-state index >= 15 is 0 Å². The second-order valence-electron chi connectivity index (χ2n) is 6.85. The van der Waals surface area contributed by atoms with Gasteiger partial charge in [-0.1, -0.05) is 43.7 Å². The van der Waals surface area contributed by atoms with E-state index in [1.54, 1.807) is 6.07 Å². The molecule has 0 unspecified atom stereocenters. The van der Waals surface area contributed by atoms with Crippen LogP contribution >= 0.6 is 0 Å². The van der Waals surface area contributed by atoms with Crippen molar-refractivity contribution in [3.05, 3.63) is 59.2 Å². The molecule has 26 heavy (non-hydrogen) atoms. The summed E-state index contributed by atoms with van der Waals surface area (Å²) >= 11 is 0. The van der Waals surface area contributed by atoms with Crippen molar-refractivity contribution in [2.45, 2.75) is 37.6 Å². The van der Waals surface area contributed by atoms with Crippen molar-refractivity contribution >= 4 is 15.7 Å². The number of benzene rings is 2. The van der Waals surface area contributed by atoms with Crippen LogP contribution in [0.3, 0.4) is 0 Å². The zero-order chi connectivity index (χ0) is 19.2. The molecular weight excluding hydrogens is 346 g/mol. The second-order valence-corrected chi connectivity index (χ2v) is 8.38. The summed E-state index contributed by atoms with van der Waals surface area (Å²) < 4.78 is 24.6. The van der Waals surface area contributed by atoms with E-state index in [-0.39, 0.29) is 4.90 Å². The van der Waals surface area contributed by atoms with E-state index in [0.29, 0.717) is 13.0 Å². The number of hydrogen-bond acceptors (Lipinski definition) is 4. The van der Waals surface area contributed by atoms with Gasteiger partial charge < -0.3 is 10.2 Å². The number of primary sulfonamides is 1. The Morgan fingerprint density at radius 3 is 2.35 bits per heavy atom. The molecule has 2 aromatic rings. The Labute approximate surface area is 157 Å². The van der Waals surface area contributed by atoms with E-state index in [1.165, 1.54) is 0 Å². The van der Waals surface area contributed by atoms with E-state index in [4.69, 9.17) is 5.14 Å². The highest BCUT2D eigenvalue weighted by Gasteiger charge is 2.19. The monoisotopic (exact) mass is 375 g/mol. The van der Waals surface area contributed by atoms with Crippen molar-refractivity contribution in [3.8, 4) is 0 Å². The van der Waals surface area contributed by atoms with Crippen LogP contribution < -0.4 is 10.5 Å². The normalized spacial score (nSPS) is 11.7. The Morgan fingerprint density at radius 2 is 1.77 bits per heavy atom. The summed E-state index contributed by atoms with van der Waals surface area (Å²) in [5.41, 5.74) is 3.56. The Kier molecular flexibility index (Phi) is 7.20. The first-order chi connectivity index (χ1) is 12.3. The fourth-order valence-electron chi connectivity index (χ4n) is 2.95. The zero-order valence-electron chi connectivity index (χ0n) is 15.8. The summed E-state index contributed by atoms with van der Waals surface area (Å²) in [6.45, 7) is 3.58. The topological polar surface area (TPSA) is 75.4 Å². The maximum absolute atomic E-state index is 12.3. The van der Waals surface area contributed by atoms with E-state index in [9.17, 15) is 8.42 Å². The molecule has 0 aliphatic heterocycles. The Hall–Kier alpha value is -1.89. The fourth-order valence-corrected chi connectivity index (χ4v) is 3.79. The predicted octanol–water partition coefficient (Wildman–Crippen LogP) is 3.20. The van der Waals surface area contributed by atoms with Crippen LogP contribution in [0.5, 0.6) is 0 Å². The largest absolute Gasteiger partial charge is 0.385 e. The van der Waals surface area contributed by atoms with Gasteiger partial charge in [0.2, 0.25) is 10.0 Å². The van der Waals surface area contributed by atoms with Gasteiger partial charge >= 0.3 is 0 Å². The Bertz CT molecular complexity index is 818. The minimum atomic E-state index is -3.82. The number of nitrogens with zero attached hydrogens (tertiary/aromatic N) is 1. The predicted molar refractivity (Wildman–Crippen MR) is 108 cm³/mol. The number of rotatable bonds is 9. The second kappa shape index (κ2) is 9.16. The van der Waals surface area contributed by atoms with E-state index in [2.05, 4.69) is 12.2 Å². The summed E-state index contributed by atoms with van der Waals surface area (Å²) in [5.74, 6) is 0. The number of nitrogens with one attached hydrogen (secondary N) is 1. The lowest BCUT2D eigenvalue weighted by Crippen LogP contribution is -2.19. The van der Waals surface area contributed by atoms with Crippen molar-refractivity contribution < 1.29 is 8.42 Å². The van der Waals surface area contributed by atoms with Gasteiger partial charge in [-0.3, -0.25) is 0 Å². The highest BCUT2D eigenvalue weighted by atomic mass is 32.2. The highest BCUT2D eigenvalue weighted by molar-refractivity contribution is 7.89. The summed E-state index contributed by atoms with van der Waals surface area (Å²) in [6, 6.07) is 13.6. The molecule has 0 saturated heterocycles. The van der Waals surface area contributed by atoms with Crippen LogP contribution in [0.25, 0.3) is 0 Å². The first-order valence-electron chi connectivity index (χ1n) is 8.92. The fraction of sp³-hybridized carbons (Fsp3) is 0.400. The third-order valence-electron chi connectivity index (χ3n) is 4.14. The third-order valence-corrected chi connectivity index (χ3v) is 5.12. The molecule has 0 heterocycles. The maximum Gasteiger partial charge on any atom is 0.238 e. The minimum Gasteiger partial charge on any atom is -0.385 e. The average molecular weight is 376 g/mol. The standard InChI is InChI=1S/C20H29N3O2S/c1-4-5-11-22-19-13-17(15-23(2)3)14-20(26(21,24)25)18(19)12-16-9-7-6-8-10-16/h6-10,13-14,22H,4-5,11-12,15H2,1-3H3,(H2,21,24,25). The molecule has 2 aromatic carbocycles. The van der Waals surface area contributed by atoms with Crippen LogP contribution in [0.1, 0.15) is 36.5 Å². The lowest BCUT2D eigenvalue weighted by molar-refractivity contribution is 0.402. The number of nitrogens with two attached hydrogens (primary N) is 1. The Balaban J connectivity index is 2.54. The average Bonchev–Trinajstić information content (AvgIpc) is 2.56. The molecule has 0 amide bonds. The Morgan fingerprint density at radius 1 is 1.08 bits per heavy atom. The molecular formula is C20H29N3O2S. The van der Waals surface area contributed by atoms with Gasteiger partial charge in [0.05, 0.1) is 4.90 Å². The summed E-state index contributed by atoms with van der Waals surface area (Å²) in [6.07, 6.45) is 2.61. The smallest absolute Gasteiger partial charge is 0.238 e. The first kappa shape index (κ1) is 20.4. The third kappa shape index (κ3) is 5.83. The van der Waals surface area contributed by atoms with Gasteiger partial charge in [-0.05, 0) is 49.3 Å². The summed E-state index contributed by atoms with van der Waals surface area (Å²) in [4.78, 5) is 2.22. The molecule has 0 fully saturated rings. The molecule has 0 bridgehead atoms. The number of hydrogen-bond donors (Lipinski definition) is 2. The maximum atomic E-state index is 12.3. The SMILES string of the molecule is CCCCNc1cc(CN(C)C)cc(S(N)(=O)=O)c1Cc1ccccc1. The van der Waals surface area contributed by atoms with Crippen LogP contribution in [0.4, 0.5) is 5.69 Å². The van der Waals surface area contributed by atoms with Gasteiger partial charge in [0.25, 0.3) is 0 Å². The van der Waals surface area contributed by atoms with Crippen molar-refractivity contribution in [2.24, 2.45) is 5.14 Å². The lowest BCUT2D eigenvalue weighted by atomic mass is 10.0. The van der Waals surface area contributed by atoms with Gasteiger partial charge in [0, 0.05) is 25.2 Å². The minimum absolute atomic E-state index is 0.208. The molecule has 2 rings (SSSR count). The molecule has 0 atom stereocenters.